The number of allylic oxidation sites excluding steroid dienone is 2. The molecule has 0 unspecified atom stereocenters. The van der Waals surface area contributed by atoms with Gasteiger partial charge in [0.1, 0.15) is 5.75 Å². The second-order valence-corrected chi connectivity index (χ2v) is 8.65. The number of esters is 1. The normalized spacial score (nSPS) is 14.7. The van der Waals surface area contributed by atoms with E-state index in [0.717, 1.165) is 23.5 Å². The van der Waals surface area contributed by atoms with E-state index in [1.165, 1.54) is 16.7 Å². The fourth-order valence-electron chi connectivity index (χ4n) is 3.94. The largest absolute Gasteiger partial charge is 0.492 e. The Kier molecular flexibility index (Phi) is 6.55. The lowest BCUT2D eigenvalue weighted by molar-refractivity contribution is 0.0526. The maximum absolute atomic E-state index is 11.9. The Hall–Kier alpha value is -2.75. The Bertz CT molecular complexity index is 939. The molecule has 160 valence electrons. The average molecular weight is 408 g/mol. The third-order valence-electron chi connectivity index (χ3n) is 5.59. The number of benzene rings is 2. The summed E-state index contributed by atoms with van der Waals surface area (Å²) in [4.78, 5) is 11.9. The first-order valence-electron chi connectivity index (χ1n) is 10.8. The van der Waals surface area contributed by atoms with Crippen molar-refractivity contribution in [1.29, 1.82) is 0 Å². The third kappa shape index (κ3) is 4.53. The average Bonchev–Trinajstić information content (AvgIpc) is 2.69. The van der Waals surface area contributed by atoms with Crippen LogP contribution in [0, 0.1) is 5.92 Å². The summed E-state index contributed by atoms with van der Waals surface area (Å²) in [5.74, 6) is 1.00. The van der Waals surface area contributed by atoms with Gasteiger partial charge in [-0.15, -0.1) is 0 Å². The predicted octanol–water partition coefficient (Wildman–Crippen LogP) is 6.73. The van der Waals surface area contributed by atoms with Crippen LogP contribution in [0.4, 0.5) is 11.4 Å². The molecule has 2 aromatic carbocycles. The molecule has 1 N–H and O–H groups in total. The van der Waals surface area contributed by atoms with Crippen molar-refractivity contribution in [1.82, 2.24) is 0 Å². The Labute approximate surface area is 180 Å². The number of carbonyl (C=O) groups excluding carboxylic acids is 1. The van der Waals surface area contributed by atoms with Gasteiger partial charge in [0.15, 0.2) is 0 Å². The van der Waals surface area contributed by atoms with E-state index >= 15 is 0 Å². The van der Waals surface area contributed by atoms with Gasteiger partial charge < -0.3 is 14.8 Å². The van der Waals surface area contributed by atoms with Crippen molar-refractivity contribution < 1.29 is 14.3 Å². The van der Waals surface area contributed by atoms with Gasteiger partial charge in [0.2, 0.25) is 0 Å². The van der Waals surface area contributed by atoms with Crippen molar-refractivity contribution in [2.45, 2.75) is 53.4 Å². The summed E-state index contributed by atoms with van der Waals surface area (Å²) in [7, 11) is 0. The van der Waals surface area contributed by atoms with Gasteiger partial charge in [-0.05, 0) is 84.7 Å². The number of anilines is 2. The van der Waals surface area contributed by atoms with Crippen molar-refractivity contribution in [3.8, 4) is 5.75 Å². The number of carbonyl (C=O) groups is 1. The summed E-state index contributed by atoms with van der Waals surface area (Å²) in [5, 5.41) is 3.49. The molecule has 0 aliphatic heterocycles. The quantitative estimate of drug-likeness (QED) is 0.517. The van der Waals surface area contributed by atoms with E-state index in [0.29, 0.717) is 24.7 Å². The summed E-state index contributed by atoms with van der Waals surface area (Å²) in [5.41, 5.74) is 6.45. The molecule has 4 heteroatoms. The van der Waals surface area contributed by atoms with Gasteiger partial charge in [0.05, 0.1) is 24.5 Å². The van der Waals surface area contributed by atoms with Crippen molar-refractivity contribution in [3.63, 3.8) is 0 Å². The van der Waals surface area contributed by atoms with Gasteiger partial charge >= 0.3 is 5.97 Å². The Morgan fingerprint density at radius 3 is 2.40 bits per heavy atom. The summed E-state index contributed by atoms with van der Waals surface area (Å²) < 4.78 is 11.1. The standard InChI is InChI=1S/C26H33NO3/c1-7-29-24-16-22-21(20(17(3)4)13-14-26(22,5)6)15-23(24)27-19-11-9-18(10-12-19)25(28)30-8-2/h9-13,15-17,27H,7-8,14H2,1-6H3. The van der Waals surface area contributed by atoms with Crippen LogP contribution >= 0.6 is 0 Å². The summed E-state index contributed by atoms with van der Waals surface area (Å²) in [6.07, 6.45) is 3.41. The van der Waals surface area contributed by atoms with Crippen molar-refractivity contribution in [2.75, 3.05) is 18.5 Å². The fraction of sp³-hybridized carbons (Fsp3) is 0.423. The molecule has 0 atom stereocenters. The van der Waals surface area contributed by atoms with Gasteiger partial charge in [-0.25, -0.2) is 4.79 Å². The summed E-state index contributed by atoms with van der Waals surface area (Å²) >= 11 is 0. The molecular formula is C26H33NO3. The van der Waals surface area contributed by atoms with Gasteiger partial charge in [-0.2, -0.15) is 0 Å². The highest BCUT2D eigenvalue weighted by atomic mass is 16.5. The first-order valence-corrected chi connectivity index (χ1v) is 10.8. The molecule has 3 rings (SSSR count). The Balaban J connectivity index is 1.99. The lowest BCUT2D eigenvalue weighted by Gasteiger charge is -2.34. The molecule has 1 aliphatic carbocycles. The number of rotatable bonds is 7. The summed E-state index contributed by atoms with van der Waals surface area (Å²) in [6.45, 7) is 13.8. The molecule has 0 aromatic heterocycles. The van der Waals surface area contributed by atoms with Crippen LogP contribution in [0.5, 0.6) is 5.75 Å². The highest BCUT2D eigenvalue weighted by Crippen LogP contribution is 2.45. The van der Waals surface area contributed by atoms with Gasteiger partial charge in [0.25, 0.3) is 0 Å². The molecule has 0 saturated carbocycles. The summed E-state index contributed by atoms with van der Waals surface area (Å²) in [6, 6.07) is 11.8. The molecule has 0 spiro atoms. The lowest BCUT2D eigenvalue weighted by atomic mass is 9.71. The first kappa shape index (κ1) is 21.9. The smallest absolute Gasteiger partial charge is 0.338 e. The topological polar surface area (TPSA) is 47.6 Å². The molecule has 1 aliphatic rings. The van der Waals surface area contributed by atoms with Crippen LogP contribution in [0.1, 0.15) is 69.4 Å². The van der Waals surface area contributed by atoms with E-state index in [2.05, 4.69) is 51.2 Å². The van der Waals surface area contributed by atoms with Crippen LogP contribution in [0.25, 0.3) is 5.57 Å². The zero-order valence-corrected chi connectivity index (χ0v) is 19.0. The highest BCUT2D eigenvalue weighted by Gasteiger charge is 2.30. The second kappa shape index (κ2) is 8.95. The molecule has 30 heavy (non-hydrogen) atoms. The zero-order chi connectivity index (χ0) is 21.9. The van der Waals surface area contributed by atoms with Crippen LogP contribution in [-0.2, 0) is 10.2 Å². The number of hydrogen-bond acceptors (Lipinski definition) is 4. The number of fused-ring (bicyclic) bond motifs is 1. The van der Waals surface area contributed by atoms with Gasteiger partial charge in [0, 0.05) is 5.69 Å². The highest BCUT2D eigenvalue weighted by molar-refractivity contribution is 5.90. The maximum atomic E-state index is 11.9. The second-order valence-electron chi connectivity index (χ2n) is 8.65. The zero-order valence-electron chi connectivity index (χ0n) is 19.0. The molecule has 2 aromatic rings. The fourth-order valence-corrected chi connectivity index (χ4v) is 3.94. The predicted molar refractivity (Wildman–Crippen MR) is 124 cm³/mol. The third-order valence-corrected chi connectivity index (χ3v) is 5.59. The number of hydrogen-bond donors (Lipinski definition) is 1. The van der Waals surface area contributed by atoms with E-state index in [4.69, 9.17) is 9.47 Å². The number of ether oxygens (including phenoxy) is 2. The molecule has 0 heterocycles. The van der Waals surface area contributed by atoms with Gasteiger partial charge in [-0.1, -0.05) is 33.8 Å². The molecule has 0 bridgehead atoms. The first-order chi connectivity index (χ1) is 14.3. The molecule has 0 saturated heterocycles. The Morgan fingerprint density at radius 1 is 1.10 bits per heavy atom. The van der Waals surface area contributed by atoms with Crippen molar-refractivity contribution >= 4 is 22.9 Å². The minimum absolute atomic E-state index is 0.0688. The monoisotopic (exact) mass is 407 g/mol. The molecule has 0 fully saturated rings. The minimum atomic E-state index is -0.304. The maximum Gasteiger partial charge on any atom is 0.338 e. The van der Waals surface area contributed by atoms with E-state index in [9.17, 15) is 4.79 Å². The van der Waals surface area contributed by atoms with Crippen LogP contribution < -0.4 is 10.1 Å². The van der Waals surface area contributed by atoms with Crippen LogP contribution in [0.3, 0.4) is 0 Å². The van der Waals surface area contributed by atoms with E-state index in [1.807, 2.05) is 19.1 Å². The van der Waals surface area contributed by atoms with E-state index in [-0.39, 0.29) is 11.4 Å². The van der Waals surface area contributed by atoms with Crippen LogP contribution in [-0.4, -0.2) is 19.2 Å². The van der Waals surface area contributed by atoms with Crippen molar-refractivity contribution in [2.24, 2.45) is 5.92 Å². The molecule has 4 nitrogen and oxygen atoms in total. The molecular weight excluding hydrogens is 374 g/mol. The SMILES string of the molecule is CCOC(=O)c1ccc(Nc2cc3c(cc2OCC)C(C)(C)CC=C3C(C)C)cc1. The number of nitrogens with one attached hydrogen (secondary N) is 1. The molecule has 0 amide bonds. The minimum Gasteiger partial charge on any atom is -0.492 e. The van der Waals surface area contributed by atoms with Crippen LogP contribution in [0.2, 0.25) is 0 Å². The van der Waals surface area contributed by atoms with Gasteiger partial charge in [-0.3, -0.25) is 0 Å². The van der Waals surface area contributed by atoms with Crippen molar-refractivity contribution in [3.05, 3.63) is 59.2 Å². The lowest BCUT2D eigenvalue weighted by Crippen LogP contribution is -2.23. The Morgan fingerprint density at radius 2 is 1.80 bits per heavy atom. The van der Waals surface area contributed by atoms with Crippen LogP contribution in [0.15, 0.2) is 42.5 Å². The molecule has 0 radical (unpaired) electrons. The van der Waals surface area contributed by atoms with E-state index < -0.39 is 0 Å². The van der Waals surface area contributed by atoms with E-state index in [1.54, 1.807) is 19.1 Å².